The van der Waals surface area contributed by atoms with Gasteiger partial charge in [0, 0.05) is 12.6 Å². The molecule has 1 heterocycles. The van der Waals surface area contributed by atoms with E-state index in [0.717, 1.165) is 16.8 Å². The summed E-state index contributed by atoms with van der Waals surface area (Å²) in [5.41, 5.74) is 2.86. The van der Waals surface area contributed by atoms with E-state index in [4.69, 9.17) is 0 Å². The summed E-state index contributed by atoms with van der Waals surface area (Å²) >= 11 is 0. The highest BCUT2D eigenvalue weighted by Gasteiger charge is 2.10. The Morgan fingerprint density at radius 3 is 2.74 bits per heavy atom. The zero-order chi connectivity index (χ0) is 14.0. The van der Waals surface area contributed by atoms with Crippen LogP contribution in [-0.2, 0) is 6.54 Å². The lowest BCUT2D eigenvalue weighted by Gasteiger charge is -2.11. The maximum absolute atomic E-state index is 12.0. The van der Waals surface area contributed by atoms with Crippen molar-refractivity contribution in [2.24, 2.45) is 0 Å². The van der Waals surface area contributed by atoms with E-state index in [-0.39, 0.29) is 11.3 Å². The van der Waals surface area contributed by atoms with Crippen LogP contribution < -0.4 is 10.9 Å². The summed E-state index contributed by atoms with van der Waals surface area (Å²) in [5, 5.41) is 16.8. The molecular weight excluding hydrogens is 242 g/mol. The van der Waals surface area contributed by atoms with E-state index in [1.54, 1.807) is 7.05 Å². The van der Waals surface area contributed by atoms with Crippen molar-refractivity contribution >= 4 is 0 Å². The minimum absolute atomic E-state index is 0.0825. The van der Waals surface area contributed by atoms with Crippen LogP contribution in [0.1, 0.15) is 16.8 Å². The van der Waals surface area contributed by atoms with Gasteiger partial charge in [0.05, 0.1) is 5.69 Å². The molecule has 1 aromatic heterocycles. The second-order valence-corrected chi connectivity index (χ2v) is 4.55. The molecule has 0 unspecified atom stereocenters. The molecule has 2 rings (SSSR count). The van der Waals surface area contributed by atoms with Gasteiger partial charge < -0.3 is 10.4 Å². The number of hydrogen-bond donors (Lipinski definition) is 2. The smallest absolute Gasteiger partial charge is 0.275 e. The Morgan fingerprint density at radius 1 is 1.32 bits per heavy atom. The lowest BCUT2D eigenvalue weighted by Crippen LogP contribution is -2.23. The molecular formula is C14H17N3O2. The second-order valence-electron chi connectivity index (χ2n) is 4.55. The number of hydrogen-bond acceptors (Lipinski definition) is 4. The molecule has 0 atom stereocenters. The summed E-state index contributed by atoms with van der Waals surface area (Å²) in [4.78, 5) is 12.0. The quantitative estimate of drug-likeness (QED) is 0.871. The fraction of sp³-hybridized carbons (Fsp3) is 0.286. The van der Waals surface area contributed by atoms with Gasteiger partial charge in [-0.25, -0.2) is 0 Å². The van der Waals surface area contributed by atoms with Crippen LogP contribution in [0.15, 0.2) is 29.1 Å². The Morgan fingerprint density at radius 2 is 2.05 bits per heavy atom. The first kappa shape index (κ1) is 13.3. The predicted octanol–water partition coefficient (Wildman–Crippen LogP) is 1.27. The molecule has 19 heavy (non-hydrogen) atoms. The van der Waals surface area contributed by atoms with Gasteiger partial charge in [-0.1, -0.05) is 12.1 Å². The fourth-order valence-corrected chi connectivity index (χ4v) is 1.90. The van der Waals surface area contributed by atoms with Crippen LogP contribution in [0.3, 0.4) is 0 Å². The van der Waals surface area contributed by atoms with Crippen LogP contribution >= 0.6 is 0 Å². The average molecular weight is 259 g/mol. The number of aryl methyl sites for hydroxylation is 2. The highest BCUT2D eigenvalue weighted by atomic mass is 16.3. The maximum atomic E-state index is 12.0. The maximum Gasteiger partial charge on any atom is 0.275 e. The predicted molar refractivity (Wildman–Crippen MR) is 73.7 cm³/mol. The number of nitrogens with zero attached hydrogens (tertiary/aromatic N) is 2. The molecule has 5 nitrogen and oxygen atoms in total. The van der Waals surface area contributed by atoms with Gasteiger partial charge in [-0.05, 0) is 38.1 Å². The van der Waals surface area contributed by atoms with Crippen molar-refractivity contribution in [1.29, 1.82) is 0 Å². The third-order valence-corrected chi connectivity index (χ3v) is 2.92. The molecule has 5 heteroatoms. The summed E-state index contributed by atoms with van der Waals surface area (Å²) in [7, 11) is 1.76. The van der Waals surface area contributed by atoms with Gasteiger partial charge in [-0.2, -0.15) is 9.78 Å². The third-order valence-electron chi connectivity index (χ3n) is 2.92. The normalized spacial score (nSPS) is 10.7. The van der Waals surface area contributed by atoms with Crippen molar-refractivity contribution in [2.75, 3.05) is 7.05 Å². The van der Waals surface area contributed by atoms with Gasteiger partial charge in [-0.15, -0.1) is 0 Å². The Bertz CT molecular complexity index is 662. The number of aromatic nitrogens is 2. The van der Waals surface area contributed by atoms with Crippen LogP contribution in [-0.4, -0.2) is 21.9 Å². The van der Waals surface area contributed by atoms with E-state index in [1.165, 1.54) is 10.7 Å². The summed E-state index contributed by atoms with van der Waals surface area (Å²) < 4.78 is 1.33. The molecule has 0 amide bonds. The Labute approximate surface area is 111 Å². The monoisotopic (exact) mass is 259 g/mol. The molecule has 0 bridgehead atoms. The Balaban J connectivity index is 2.64. The summed E-state index contributed by atoms with van der Waals surface area (Å²) in [6.07, 6.45) is 0. The van der Waals surface area contributed by atoms with Gasteiger partial charge in [0.2, 0.25) is 0 Å². The molecule has 0 fully saturated rings. The molecule has 2 N–H and O–H groups in total. The van der Waals surface area contributed by atoms with Crippen LogP contribution in [0.4, 0.5) is 0 Å². The summed E-state index contributed by atoms with van der Waals surface area (Å²) in [6, 6.07) is 7.04. The molecule has 0 radical (unpaired) electrons. The van der Waals surface area contributed by atoms with Crippen molar-refractivity contribution in [3.63, 3.8) is 0 Å². The molecule has 0 saturated heterocycles. The molecule has 0 aliphatic heterocycles. The minimum atomic E-state index is -0.342. The highest BCUT2D eigenvalue weighted by Crippen LogP contribution is 2.16. The lowest BCUT2D eigenvalue weighted by atomic mass is 10.1. The van der Waals surface area contributed by atoms with Crippen molar-refractivity contribution in [3.05, 3.63) is 51.4 Å². The minimum Gasteiger partial charge on any atom is -0.506 e. The first-order chi connectivity index (χ1) is 9.02. The topological polar surface area (TPSA) is 67.2 Å². The van der Waals surface area contributed by atoms with Crippen LogP contribution in [0.2, 0.25) is 0 Å². The van der Waals surface area contributed by atoms with Gasteiger partial charge in [0.25, 0.3) is 5.56 Å². The lowest BCUT2D eigenvalue weighted by molar-refractivity contribution is 0.453. The first-order valence-corrected chi connectivity index (χ1v) is 6.07. The van der Waals surface area contributed by atoms with Crippen molar-refractivity contribution in [3.8, 4) is 11.4 Å². The molecule has 2 aromatic rings. The van der Waals surface area contributed by atoms with Crippen molar-refractivity contribution < 1.29 is 5.11 Å². The molecule has 1 aromatic carbocycles. The molecule has 100 valence electrons. The number of benzene rings is 1. The Hall–Kier alpha value is -2.14. The Kier molecular flexibility index (Phi) is 3.66. The van der Waals surface area contributed by atoms with Crippen molar-refractivity contribution in [1.82, 2.24) is 15.1 Å². The van der Waals surface area contributed by atoms with Gasteiger partial charge in [0.15, 0.2) is 0 Å². The number of rotatable bonds is 3. The zero-order valence-electron chi connectivity index (χ0n) is 11.3. The summed E-state index contributed by atoms with van der Waals surface area (Å²) in [6.45, 7) is 4.29. The third kappa shape index (κ3) is 2.66. The number of nitrogens with one attached hydrogen (secondary N) is 1. The largest absolute Gasteiger partial charge is 0.506 e. The van der Waals surface area contributed by atoms with E-state index in [1.807, 2.05) is 32.0 Å². The van der Waals surface area contributed by atoms with E-state index < -0.39 is 0 Å². The molecule has 0 spiro atoms. The van der Waals surface area contributed by atoms with Gasteiger partial charge >= 0.3 is 0 Å². The second kappa shape index (κ2) is 5.24. The van der Waals surface area contributed by atoms with Crippen LogP contribution in [0.5, 0.6) is 5.75 Å². The average Bonchev–Trinajstić information content (AvgIpc) is 2.36. The van der Waals surface area contributed by atoms with Gasteiger partial charge in [-0.3, -0.25) is 4.79 Å². The molecule has 0 aliphatic rings. The van der Waals surface area contributed by atoms with E-state index in [2.05, 4.69) is 10.4 Å². The number of aromatic hydroxyl groups is 1. The zero-order valence-corrected chi connectivity index (χ0v) is 11.3. The van der Waals surface area contributed by atoms with Crippen LogP contribution in [0.25, 0.3) is 5.69 Å². The van der Waals surface area contributed by atoms with E-state index in [0.29, 0.717) is 12.2 Å². The SMILES string of the molecule is CNCc1nn(-c2cc(C)ccc2C)c(=O)cc1O. The van der Waals surface area contributed by atoms with E-state index >= 15 is 0 Å². The fourth-order valence-electron chi connectivity index (χ4n) is 1.90. The summed E-state index contributed by atoms with van der Waals surface area (Å²) in [5.74, 6) is -0.0825. The molecule has 0 aliphatic carbocycles. The van der Waals surface area contributed by atoms with E-state index in [9.17, 15) is 9.90 Å². The van der Waals surface area contributed by atoms with Gasteiger partial charge in [0.1, 0.15) is 11.4 Å². The molecule has 0 saturated carbocycles. The highest BCUT2D eigenvalue weighted by molar-refractivity contribution is 5.42. The first-order valence-electron chi connectivity index (χ1n) is 6.07. The van der Waals surface area contributed by atoms with Crippen LogP contribution in [0, 0.1) is 13.8 Å². The standard InChI is InChI=1S/C14H17N3O2/c1-9-4-5-10(2)12(6-9)17-14(19)7-13(18)11(16-17)8-15-3/h4-7,15,18H,8H2,1-3H3. The van der Waals surface area contributed by atoms with Crippen molar-refractivity contribution in [2.45, 2.75) is 20.4 Å².